The first-order chi connectivity index (χ1) is 14.8. The summed E-state index contributed by atoms with van der Waals surface area (Å²) >= 11 is 0. The lowest BCUT2D eigenvalue weighted by Crippen LogP contribution is -2.21. The Morgan fingerprint density at radius 1 is 1.26 bits per heavy atom. The van der Waals surface area contributed by atoms with Gasteiger partial charge in [-0.25, -0.2) is 0 Å². The molecule has 0 aliphatic carbocycles. The molecule has 9 N–H and O–H groups in total. The van der Waals surface area contributed by atoms with Crippen molar-refractivity contribution >= 4 is 24.3 Å². The van der Waals surface area contributed by atoms with Crippen LogP contribution in [0.5, 0.6) is 0 Å². The first-order valence-electron chi connectivity index (χ1n) is 9.72. The highest BCUT2D eigenvalue weighted by molar-refractivity contribution is 5.94. The van der Waals surface area contributed by atoms with E-state index < -0.39 is 0 Å². The van der Waals surface area contributed by atoms with Crippen molar-refractivity contribution < 1.29 is 0 Å². The van der Waals surface area contributed by atoms with E-state index in [0.717, 1.165) is 22.3 Å². The molecule has 0 saturated carbocycles. The fraction of sp³-hybridized carbons (Fsp3) is 0.217. The Balaban J connectivity index is 2.95. The number of benzene rings is 1. The third-order valence-corrected chi connectivity index (χ3v) is 4.44. The zero-order chi connectivity index (χ0) is 23.4. The number of allylic oxidation sites excluding steroid dienone is 2. The normalized spacial score (nSPS) is 13.1. The molecule has 1 rings (SSSR count). The largest absolute Gasteiger partial charge is 0.399 e. The summed E-state index contributed by atoms with van der Waals surface area (Å²) in [5, 5.41) is 8.54. The topological polar surface area (TPSA) is 144 Å². The summed E-state index contributed by atoms with van der Waals surface area (Å²) in [6.45, 7) is 12.1. The smallest absolute Gasteiger partial charge is 0.0819 e. The molecule has 0 amide bonds. The van der Waals surface area contributed by atoms with E-state index in [1.165, 1.54) is 5.01 Å². The van der Waals surface area contributed by atoms with Gasteiger partial charge in [0.15, 0.2) is 0 Å². The van der Waals surface area contributed by atoms with Crippen molar-refractivity contribution in [3.05, 3.63) is 83.0 Å². The number of anilines is 1. The fourth-order valence-electron chi connectivity index (χ4n) is 2.59. The van der Waals surface area contributed by atoms with Crippen LogP contribution in [0.2, 0.25) is 0 Å². The lowest BCUT2D eigenvalue weighted by atomic mass is 10.0. The minimum Gasteiger partial charge on any atom is -0.399 e. The van der Waals surface area contributed by atoms with Crippen LogP contribution in [-0.4, -0.2) is 38.1 Å². The Morgan fingerprint density at radius 2 is 1.97 bits per heavy atom. The Kier molecular flexibility index (Phi) is 10.4. The van der Waals surface area contributed by atoms with E-state index in [-0.39, 0.29) is 6.54 Å². The average Bonchev–Trinajstić information content (AvgIpc) is 2.75. The number of aryl methyl sites for hydroxylation is 1. The molecule has 1 aromatic rings. The maximum atomic E-state index is 6.31. The van der Waals surface area contributed by atoms with Crippen LogP contribution in [0.15, 0.2) is 76.4 Å². The molecular weight excluding hydrogens is 388 g/mol. The second-order valence-corrected chi connectivity index (χ2v) is 6.76. The predicted molar refractivity (Wildman–Crippen MR) is 134 cm³/mol. The molecule has 0 aliphatic rings. The average molecular weight is 423 g/mol. The zero-order valence-corrected chi connectivity index (χ0v) is 18.6. The van der Waals surface area contributed by atoms with E-state index >= 15 is 0 Å². The summed E-state index contributed by atoms with van der Waals surface area (Å²) in [6.07, 6.45) is 10.6. The van der Waals surface area contributed by atoms with Gasteiger partial charge in [0.2, 0.25) is 0 Å². The third-order valence-electron chi connectivity index (χ3n) is 4.44. The Labute approximate surface area is 185 Å². The quantitative estimate of drug-likeness (QED) is 0.160. The molecule has 0 bridgehead atoms. The van der Waals surface area contributed by atoms with Crippen molar-refractivity contribution in [1.29, 1.82) is 0 Å². The summed E-state index contributed by atoms with van der Waals surface area (Å²) < 4.78 is 0. The SMILES string of the molecule is C=NN(/C=C(\N)c1ccc(C)c(N)c1/C=N\C)C/C(N)=C/NC(=C)/C=C\C(=C/C)CN. The first-order valence-corrected chi connectivity index (χ1v) is 9.72. The number of nitrogens with one attached hydrogen (secondary N) is 1. The predicted octanol–water partition coefficient (Wildman–Crippen LogP) is 2.17. The van der Waals surface area contributed by atoms with Crippen molar-refractivity contribution in [2.75, 3.05) is 25.9 Å². The highest BCUT2D eigenvalue weighted by Crippen LogP contribution is 2.24. The molecule has 0 aliphatic heterocycles. The molecule has 0 saturated heterocycles. The molecule has 31 heavy (non-hydrogen) atoms. The number of nitrogen functional groups attached to an aromatic ring is 1. The van der Waals surface area contributed by atoms with E-state index in [0.29, 0.717) is 29.3 Å². The van der Waals surface area contributed by atoms with Crippen LogP contribution < -0.4 is 28.3 Å². The van der Waals surface area contributed by atoms with Gasteiger partial charge in [0.25, 0.3) is 0 Å². The van der Waals surface area contributed by atoms with Crippen molar-refractivity contribution in [2.24, 2.45) is 27.3 Å². The van der Waals surface area contributed by atoms with Crippen molar-refractivity contribution in [2.45, 2.75) is 13.8 Å². The van der Waals surface area contributed by atoms with Crippen molar-refractivity contribution in [3.8, 4) is 0 Å². The second-order valence-electron chi connectivity index (χ2n) is 6.76. The lowest BCUT2D eigenvalue weighted by Gasteiger charge is -2.17. The van der Waals surface area contributed by atoms with Gasteiger partial charge in [0.1, 0.15) is 0 Å². The summed E-state index contributed by atoms with van der Waals surface area (Å²) in [6, 6.07) is 3.80. The van der Waals surface area contributed by atoms with Crippen molar-refractivity contribution in [1.82, 2.24) is 10.3 Å². The van der Waals surface area contributed by atoms with Crippen LogP contribution in [0.4, 0.5) is 5.69 Å². The zero-order valence-electron chi connectivity index (χ0n) is 18.6. The monoisotopic (exact) mass is 422 g/mol. The summed E-state index contributed by atoms with van der Waals surface area (Å²) in [7, 11) is 1.68. The number of hydrogen-bond donors (Lipinski definition) is 5. The fourth-order valence-corrected chi connectivity index (χ4v) is 2.59. The van der Waals surface area contributed by atoms with Gasteiger partial charge in [-0.05, 0) is 31.1 Å². The summed E-state index contributed by atoms with van der Waals surface area (Å²) in [5.41, 5.74) is 30.0. The Bertz CT molecular complexity index is 935. The van der Waals surface area contributed by atoms with E-state index in [1.807, 2.05) is 44.2 Å². The van der Waals surface area contributed by atoms with Gasteiger partial charge >= 0.3 is 0 Å². The highest BCUT2D eigenvalue weighted by atomic mass is 15.4. The summed E-state index contributed by atoms with van der Waals surface area (Å²) in [5.74, 6) is 0. The number of aliphatic imine (C=N–C) groups is 1. The molecule has 1 aromatic carbocycles. The second kappa shape index (κ2) is 12.7. The van der Waals surface area contributed by atoms with Crippen LogP contribution in [0.3, 0.4) is 0 Å². The van der Waals surface area contributed by atoms with Gasteiger partial charge in [0.05, 0.1) is 12.2 Å². The van der Waals surface area contributed by atoms with Crippen molar-refractivity contribution in [3.63, 3.8) is 0 Å². The molecule has 8 nitrogen and oxygen atoms in total. The van der Waals surface area contributed by atoms with Gasteiger partial charge in [0, 0.05) is 67.1 Å². The molecule has 8 heteroatoms. The van der Waals surface area contributed by atoms with Gasteiger partial charge in [-0.2, -0.15) is 5.10 Å². The van der Waals surface area contributed by atoms with Crippen LogP contribution in [0.25, 0.3) is 5.70 Å². The van der Waals surface area contributed by atoms with Crippen LogP contribution >= 0.6 is 0 Å². The maximum Gasteiger partial charge on any atom is 0.0819 e. The highest BCUT2D eigenvalue weighted by Gasteiger charge is 2.10. The molecule has 166 valence electrons. The van der Waals surface area contributed by atoms with Gasteiger partial charge in [-0.15, -0.1) is 0 Å². The molecule has 0 aromatic heterocycles. The number of rotatable bonds is 11. The van der Waals surface area contributed by atoms with E-state index in [4.69, 9.17) is 22.9 Å². The minimum absolute atomic E-state index is 0.273. The third kappa shape index (κ3) is 7.87. The molecule has 0 radical (unpaired) electrons. The van der Waals surface area contributed by atoms with Crippen LogP contribution in [-0.2, 0) is 0 Å². The van der Waals surface area contributed by atoms with Gasteiger partial charge < -0.3 is 28.3 Å². The Morgan fingerprint density at radius 3 is 2.55 bits per heavy atom. The lowest BCUT2D eigenvalue weighted by molar-refractivity contribution is 0.435. The van der Waals surface area contributed by atoms with Crippen LogP contribution in [0.1, 0.15) is 23.6 Å². The molecule has 0 spiro atoms. The van der Waals surface area contributed by atoms with E-state index in [1.54, 1.807) is 25.7 Å². The standard InChI is InChI=1S/C23H34N8/c1-6-18(11-24)9-8-17(3)30-12-19(25)14-31(29-5)15-22(26)20-10-7-16(2)23(27)21(20)13-28-4/h6-10,12-13,15,30H,3,5,11,14,24-27H2,1-2,4H3/b9-8-,18-6+,19-12-,22-15-,28-13-. The first kappa shape index (κ1) is 25.3. The molecule has 0 heterocycles. The van der Waals surface area contributed by atoms with Gasteiger partial charge in [-0.3, -0.25) is 10.0 Å². The molecule has 0 atom stereocenters. The van der Waals surface area contributed by atoms with Crippen LogP contribution in [0, 0.1) is 6.92 Å². The Hall–Kier alpha value is -3.78. The number of nitrogens with two attached hydrogens (primary N) is 4. The minimum atomic E-state index is 0.273. The number of hydrazone groups is 1. The number of nitrogens with zero attached hydrogens (tertiary/aromatic N) is 3. The molecule has 0 fully saturated rings. The van der Waals surface area contributed by atoms with E-state index in [9.17, 15) is 0 Å². The summed E-state index contributed by atoms with van der Waals surface area (Å²) in [4.78, 5) is 4.08. The number of hydrogen-bond acceptors (Lipinski definition) is 8. The van der Waals surface area contributed by atoms with E-state index in [2.05, 4.69) is 28.7 Å². The molecular formula is C23H34N8. The maximum absolute atomic E-state index is 6.31. The van der Waals surface area contributed by atoms with Gasteiger partial charge in [-0.1, -0.05) is 30.9 Å². The molecule has 0 unspecified atom stereocenters.